The number of hydrazine groups is 1. The molecule has 0 spiro atoms. The Bertz CT molecular complexity index is 950. The first-order valence-electron chi connectivity index (χ1n) is 6.95. The van der Waals surface area contributed by atoms with Gasteiger partial charge in [0.25, 0.3) is 5.91 Å². The number of anilines is 2. The van der Waals surface area contributed by atoms with Gasteiger partial charge in [0.05, 0.1) is 5.56 Å². The first-order valence-corrected chi connectivity index (χ1v) is 6.95. The lowest BCUT2D eigenvalue weighted by atomic mass is 10.1. The van der Waals surface area contributed by atoms with E-state index < -0.39 is 11.9 Å². The normalized spacial score (nSPS) is 10.6. The Hall–Kier alpha value is -3.46. The molecule has 0 aliphatic rings. The van der Waals surface area contributed by atoms with E-state index in [-0.39, 0.29) is 5.56 Å². The number of hydrogen-bond acceptors (Lipinski definition) is 6. The molecule has 5 N–H and O–H groups in total. The molecule has 122 valence electrons. The van der Waals surface area contributed by atoms with Gasteiger partial charge in [0.2, 0.25) is 0 Å². The topological polar surface area (TPSA) is 135 Å². The van der Waals surface area contributed by atoms with Crippen LogP contribution in [0.15, 0.2) is 36.8 Å². The summed E-state index contributed by atoms with van der Waals surface area (Å²) in [5.41, 5.74) is 4.29. The largest absolute Gasteiger partial charge is 0.478 e. The fraction of sp³-hybridized carbons (Fsp3) is 0.0667. The number of nitrogens with one attached hydrogen (secondary N) is 2. The second-order valence-electron chi connectivity index (χ2n) is 5.05. The first kappa shape index (κ1) is 15.4. The van der Waals surface area contributed by atoms with Crippen molar-refractivity contribution in [1.29, 1.82) is 0 Å². The molecule has 1 amide bonds. The van der Waals surface area contributed by atoms with Crippen molar-refractivity contribution in [3.63, 3.8) is 0 Å². The third-order valence-corrected chi connectivity index (χ3v) is 3.58. The molecule has 0 fully saturated rings. The highest BCUT2D eigenvalue weighted by Gasteiger charge is 2.17. The average molecular weight is 326 g/mol. The molecule has 9 nitrogen and oxygen atoms in total. The third kappa shape index (κ3) is 2.63. The van der Waals surface area contributed by atoms with E-state index in [9.17, 15) is 14.7 Å². The van der Waals surface area contributed by atoms with Crippen molar-refractivity contribution in [2.75, 3.05) is 5.32 Å². The number of aromatic nitrogens is 3. The summed E-state index contributed by atoms with van der Waals surface area (Å²) in [5, 5.41) is 16.3. The fourth-order valence-electron chi connectivity index (χ4n) is 2.43. The number of nitrogen functional groups attached to an aromatic ring is 1. The van der Waals surface area contributed by atoms with E-state index in [1.54, 1.807) is 31.2 Å². The third-order valence-electron chi connectivity index (χ3n) is 3.58. The summed E-state index contributed by atoms with van der Waals surface area (Å²) in [6.07, 6.45) is 2.75. The number of aryl methyl sites for hydroxylation is 1. The highest BCUT2D eigenvalue weighted by Crippen LogP contribution is 2.25. The number of carbonyl (C=O) groups excluding carboxylic acids is 1. The predicted molar refractivity (Wildman–Crippen MR) is 86.1 cm³/mol. The number of hydrogen-bond donors (Lipinski definition) is 4. The van der Waals surface area contributed by atoms with Crippen molar-refractivity contribution in [3.8, 4) is 0 Å². The number of rotatable bonds is 4. The quantitative estimate of drug-likeness (QED) is 0.320. The number of nitrogens with two attached hydrogens (primary N) is 1. The molecule has 0 saturated carbocycles. The van der Waals surface area contributed by atoms with Crippen LogP contribution >= 0.6 is 0 Å². The summed E-state index contributed by atoms with van der Waals surface area (Å²) in [5.74, 6) is 4.11. The van der Waals surface area contributed by atoms with E-state index in [1.165, 1.54) is 17.0 Å². The van der Waals surface area contributed by atoms with Gasteiger partial charge in [-0.05, 0) is 30.7 Å². The van der Waals surface area contributed by atoms with Crippen LogP contribution in [0.4, 0.5) is 11.5 Å². The minimum atomic E-state index is -1.04. The number of carboxylic acid groups (broad SMARTS) is 1. The standard InChI is InChI=1S/C15H14N6O3/c1-8-11(15(23)24)6-21-12(8)13(17-7-18-21)19-10-4-2-3-9(5-10)14(22)20-16/h2-7H,16H2,1H3,(H,20,22)(H,23,24)(H,17,18,19). The van der Waals surface area contributed by atoms with E-state index in [1.807, 2.05) is 0 Å². The van der Waals surface area contributed by atoms with Gasteiger partial charge in [-0.2, -0.15) is 5.10 Å². The smallest absolute Gasteiger partial charge is 0.337 e. The SMILES string of the molecule is Cc1c(C(=O)O)cn2ncnc(Nc3cccc(C(=O)NN)c3)c12. The molecule has 9 heteroatoms. The van der Waals surface area contributed by atoms with Gasteiger partial charge in [0.1, 0.15) is 11.8 Å². The summed E-state index contributed by atoms with van der Waals surface area (Å²) in [6.45, 7) is 1.69. The molecule has 0 bridgehead atoms. The van der Waals surface area contributed by atoms with Crippen LogP contribution in [-0.2, 0) is 0 Å². The molecule has 1 aromatic carbocycles. The van der Waals surface area contributed by atoms with Crippen molar-refractivity contribution in [2.45, 2.75) is 6.92 Å². The Labute approximate surface area is 136 Å². The summed E-state index contributed by atoms with van der Waals surface area (Å²) < 4.78 is 1.45. The molecule has 3 rings (SSSR count). The second kappa shape index (κ2) is 5.97. The molecule has 0 saturated heterocycles. The Balaban J connectivity index is 2.05. The van der Waals surface area contributed by atoms with E-state index in [4.69, 9.17) is 5.84 Å². The van der Waals surface area contributed by atoms with Gasteiger partial charge in [-0.15, -0.1) is 0 Å². The Morgan fingerprint density at radius 2 is 2.12 bits per heavy atom. The van der Waals surface area contributed by atoms with E-state index in [0.29, 0.717) is 28.1 Å². The summed E-state index contributed by atoms with van der Waals surface area (Å²) in [4.78, 5) is 27.0. The van der Waals surface area contributed by atoms with Crippen LogP contribution in [0.2, 0.25) is 0 Å². The van der Waals surface area contributed by atoms with Crippen molar-refractivity contribution in [1.82, 2.24) is 20.0 Å². The maximum absolute atomic E-state index is 11.6. The number of aromatic carboxylic acids is 1. The van der Waals surface area contributed by atoms with Gasteiger partial charge < -0.3 is 10.4 Å². The second-order valence-corrected chi connectivity index (χ2v) is 5.05. The zero-order chi connectivity index (χ0) is 17.3. The molecule has 0 atom stereocenters. The van der Waals surface area contributed by atoms with E-state index >= 15 is 0 Å². The highest BCUT2D eigenvalue weighted by molar-refractivity contribution is 5.96. The number of carbonyl (C=O) groups is 2. The lowest BCUT2D eigenvalue weighted by Gasteiger charge is -2.09. The van der Waals surface area contributed by atoms with Gasteiger partial charge in [0, 0.05) is 17.4 Å². The molecule has 0 unspecified atom stereocenters. The maximum atomic E-state index is 11.6. The lowest BCUT2D eigenvalue weighted by Crippen LogP contribution is -2.29. The average Bonchev–Trinajstić information content (AvgIpc) is 2.92. The lowest BCUT2D eigenvalue weighted by molar-refractivity contribution is 0.0696. The van der Waals surface area contributed by atoms with Crippen LogP contribution in [0.5, 0.6) is 0 Å². The summed E-state index contributed by atoms with van der Waals surface area (Å²) in [7, 11) is 0. The Morgan fingerprint density at radius 3 is 2.83 bits per heavy atom. The van der Waals surface area contributed by atoms with Gasteiger partial charge in [-0.3, -0.25) is 10.2 Å². The molecular formula is C15H14N6O3. The fourth-order valence-corrected chi connectivity index (χ4v) is 2.43. The van der Waals surface area contributed by atoms with Crippen molar-refractivity contribution < 1.29 is 14.7 Å². The van der Waals surface area contributed by atoms with Gasteiger partial charge >= 0.3 is 5.97 Å². The monoisotopic (exact) mass is 326 g/mol. The minimum absolute atomic E-state index is 0.148. The van der Waals surface area contributed by atoms with Crippen molar-refractivity contribution in [2.24, 2.45) is 5.84 Å². The van der Waals surface area contributed by atoms with E-state index in [0.717, 1.165) is 0 Å². The molecule has 0 aliphatic carbocycles. The van der Waals surface area contributed by atoms with Crippen LogP contribution < -0.4 is 16.6 Å². The summed E-state index contributed by atoms with van der Waals surface area (Å²) in [6, 6.07) is 6.67. The number of fused-ring (bicyclic) bond motifs is 1. The molecule has 2 aromatic heterocycles. The maximum Gasteiger partial charge on any atom is 0.337 e. The Kier molecular flexibility index (Phi) is 3.84. The zero-order valence-corrected chi connectivity index (χ0v) is 12.6. The molecule has 0 aliphatic heterocycles. The number of amides is 1. The van der Waals surface area contributed by atoms with Crippen molar-refractivity contribution in [3.05, 3.63) is 53.5 Å². The van der Waals surface area contributed by atoms with E-state index in [2.05, 4.69) is 20.8 Å². The number of nitrogens with zero attached hydrogens (tertiary/aromatic N) is 3. The van der Waals surface area contributed by atoms with Crippen molar-refractivity contribution >= 4 is 28.9 Å². The minimum Gasteiger partial charge on any atom is -0.478 e. The van der Waals surface area contributed by atoms with Crippen LogP contribution in [0.1, 0.15) is 26.3 Å². The zero-order valence-electron chi connectivity index (χ0n) is 12.6. The van der Waals surface area contributed by atoms with Crippen LogP contribution in [0, 0.1) is 6.92 Å². The van der Waals surface area contributed by atoms with Crippen LogP contribution in [0.3, 0.4) is 0 Å². The highest BCUT2D eigenvalue weighted by atomic mass is 16.4. The van der Waals surface area contributed by atoms with Gasteiger partial charge in [-0.25, -0.2) is 20.1 Å². The van der Waals surface area contributed by atoms with Gasteiger partial charge in [0.15, 0.2) is 5.82 Å². The molecule has 2 heterocycles. The van der Waals surface area contributed by atoms with Gasteiger partial charge in [-0.1, -0.05) is 6.07 Å². The number of benzene rings is 1. The molecular weight excluding hydrogens is 312 g/mol. The van der Waals surface area contributed by atoms with Crippen LogP contribution in [0.25, 0.3) is 5.52 Å². The first-order chi connectivity index (χ1) is 11.5. The molecule has 0 radical (unpaired) electrons. The molecule has 3 aromatic rings. The van der Waals surface area contributed by atoms with Crippen LogP contribution in [-0.4, -0.2) is 31.6 Å². The predicted octanol–water partition coefficient (Wildman–Crippen LogP) is 1.08. The molecule has 24 heavy (non-hydrogen) atoms. The summed E-state index contributed by atoms with van der Waals surface area (Å²) >= 11 is 0. The Morgan fingerprint density at radius 1 is 1.33 bits per heavy atom. The number of carboxylic acids is 1.